The molecule has 5 heteroatoms. The first-order valence-corrected chi connectivity index (χ1v) is 7.43. The molecule has 0 saturated heterocycles. The van der Waals surface area contributed by atoms with Gasteiger partial charge in [-0.25, -0.2) is 0 Å². The Labute approximate surface area is 126 Å². The van der Waals surface area contributed by atoms with Crippen LogP contribution in [-0.4, -0.2) is 18.4 Å². The molecule has 116 valence electrons. The number of carbonyl (C=O) groups excluding carboxylic acids is 2. The Morgan fingerprint density at radius 1 is 1.24 bits per heavy atom. The highest BCUT2D eigenvalue weighted by Crippen LogP contribution is 2.21. The van der Waals surface area contributed by atoms with Gasteiger partial charge in [-0.2, -0.15) is 0 Å². The van der Waals surface area contributed by atoms with E-state index in [2.05, 4.69) is 10.6 Å². The molecule has 0 aliphatic carbocycles. The lowest BCUT2D eigenvalue weighted by atomic mass is 10.0. The highest BCUT2D eigenvalue weighted by molar-refractivity contribution is 5.95. The van der Waals surface area contributed by atoms with Gasteiger partial charge in [0.25, 0.3) is 0 Å². The molecule has 0 bridgehead atoms. The number of nitrogens with one attached hydrogen (secondary N) is 2. The molecule has 4 N–H and O–H groups in total. The molecule has 0 aliphatic rings. The molecule has 1 aromatic rings. The van der Waals surface area contributed by atoms with E-state index in [0.29, 0.717) is 24.3 Å². The van der Waals surface area contributed by atoms with Crippen molar-refractivity contribution in [1.29, 1.82) is 0 Å². The average Bonchev–Trinajstić information content (AvgIpc) is 2.47. The first kappa shape index (κ1) is 17.2. The van der Waals surface area contributed by atoms with E-state index in [9.17, 15) is 9.59 Å². The largest absolute Gasteiger partial charge is 0.330 e. The Bertz CT molecular complexity index is 500. The zero-order chi connectivity index (χ0) is 15.8. The van der Waals surface area contributed by atoms with Gasteiger partial charge < -0.3 is 16.4 Å². The van der Waals surface area contributed by atoms with Gasteiger partial charge in [0.2, 0.25) is 11.8 Å². The highest BCUT2D eigenvalue weighted by Gasteiger charge is 2.16. The van der Waals surface area contributed by atoms with Crippen molar-refractivity contribution in [3.8, 4) is 0 Å². The molecule has 0 heterocycles. The molecule has 5 nitrogen and oxygen atoms in total. The van der Waals surface area contributed by atoms with Crippen LogP contribution in [0.4, 0.5) is 11.4 Å². The molecule has 1 atom stereocenters. The quantitative estimate of drug-likeness (QED) is 0.722. The lowest BCUT2D eigenvalue weighted by molar-refractivity contribution is -0.119. The molecule has 0 aromatic heterocycles. The second-order valence-electron chi connectivity index (χ2n) is 5.14. The van der Waals surface area contributed by atoms with Crippen LogP contribution in [0, 0.1) is 12.8 Å². The minimum absolute atomic E-state index is 0.0538. The van der Waals surface area contributed by atoms with Gasteiger partial charge >= 0.3 is 0 Å². The van der Waals surface area contributed by atoms with Crippen molar-refractivity contribution in [1.82, 2.24) is 0 Å². The summed E-state index contributed by atoms with van der Waals surface area (Å²) < 4.78 is 0. The number of carbonyl (C=O) groups is 2. The van der Waals surface area contributed by atoms with E-state index in [1.165, 1.54) is 0 Å². The third-order valence-electron chi connectivity index (χ3n) is 3.39. The number of rotatable bonds is 7. The lowest BCUT2D eigenvalue weighted by Crippen LogP contribution is -2.29. The van der Waals surface area contributed by atoms with Gasteiger partial charge in [-0.15, -0.1) is 0 Å². The van der Waals surface area contributed by atoms with Crippen molar-refractivity contribution in [2.24, 2.45) is 11.7 Å². The second kappa shape index (κ2) is 8.42. The highest BCUT2D eigenvalue weighted by atomic mass is 16.2. The average molecular weight is 291 g/mol. The fraction of sp³-hybridized carbons (Fsp3) is 0.500. The Morgan fingerprint density at radius 2 is 1.95 bits per heavy atom. The smallest absolute Gasteiger partial charge is 0.228 e. The monoisotopic (exact) mass is 291 g/mol. The first-order chi connectivity index (χ1) is 10.0. The Morgan fingerprint density at radius 3 is 2.52 bits per heavy atom. The summed E-state index contributed by atoms with van der Waals surface area (Å²) >= 11 is 0. The lowest BCUT2D eigenvalue weighted by Gasteiger charge is -2.16. The summed E-state index contributed by atoms with van der Waals surface area (Å²) in [5.41, 5.74) is 7.99. The number of nitrogens with two attached hydrogens (primary N) is 1. The molecule has 1 aromatic carbocycles. The Hall–Kier alpha value is -1.88. The number of hydrogen-bond acceptors (Lipinski definition) is 3. The Kier molecular flexibility index (Phi) is 6.88. The van der Waals surface area contributed by atoms with E-state index in [4.69, 9.17) is 5.73 Å². The molecule has 0 spiro atoms. The summed E-state index contributed by atoms with van der Waals surface area (Å²) in [5, 5.41) is 5.69. The molecule has 21 heavy (non-hydrogen) atoms. The van der Waals surface area contributed by atoms with E-state index >= 15 is 0 Å². The molecule has 0 fully saturated rings. The van der Waals surface area contributed by atoms with E-state index in [0.717, 1.165) is 18.4 Å². The van der Waals surface area contributed by atoms with Crippen molar-refractivity contribution >= 4 is 23.2 Å². The predicted octanol–water partition coefficient (Wildman–Crippen LogP) is 2.66. The summed E-state index contributed by atoms with van der Waals surface area (Å²) in [5.74, 6) is -0.299. The molecule has 1 unspecified atom stereocenters. The zero-order valence-electron chi connectivity index (χ0n) is 13.0. The fourth-order valence-electron chi connectivity index (χ4n) is 2.02. The molecule has 0 saturated carbocycles. The van der Waals surface area contributed by atoms with Gasteiger partial charge in [-0.05, 0) is 31.0 Å². The van der Waals surface area contributed by atoms with E-state index < -0.39 is 0 Å². The number of hydrogen-bond donors (Lipinski definition) is 3. The van der Waals surface area contributed by atoms with Gasteiger partial charge in [0.1, 0.15) is 0 Å². The van der Waals surface area contributed by atoms with Crippen LogP contribution in [0.5, 0.6) is 0 Å². The number of aryl methyl sites for hydroxylation is 1. The molecular formula is C16H25N3O2. The second-order valence-corrected chi connectivity index (χ2v) is 5.14. The molecule has 2 amide bonds. The third-order valence-corrected chi connectivity index (χ3v) is 3.39. The van der Waals surface area contributed by atoms with E-state index in [1.807, 2.05) is 26.0 Å². The zero-order valence-corrected chi connectivity index (χ0v) is 13.0. The van der Waals surface area contributed by atoms with Gasteiger partial charge in [0, 0.05) is 24.3 Å². The maximum absolute atomic E-state index is 12.2. The van der Waals surface area contributed by atoms with Crippen LogP contribution in [0.2, 0.25) is 0 Å². The predicted molar refractivity (Wildman–Crippen MR) is 86.2 cm³/mol. The maximum Gasteiger partial charge on any atom is 0.228 e. The fourth-order valence-corrected chi connectivity index (χ4v) is 2.02. The van der Waals surface area contributed by atoms with Gasteiger partial charge in [-0.1, -0.05) is 26.3 Å². The minimum Gasteiger partial charge on any atom is -0.330 e. The van der Waals surface area contributed by atoms with Crippen LogP contribution in [0.15, 0.2) is 18.2 Å². The van der Waals surface area contributed by atoms with Crippen LogP contribution in [-0.2, 0) is 9.59 Å². The number of anilines is 2. The molecule has 0 aliphatic heterocycles. The van der Waals surface area contributed by atoms with Gasteiger partial charge in [-0.3, -0.25) is 9.59 Å². The topological polar surface area (TPSA) is 84.2 Å². The molecule has 0 radical (unpaired) electrons. The van der Waals surface area contributed by atoms with Crippen LogP contribution in [0.25, 0.3) is 0 Å². The normalized spacial score (nSPS) is 11.8. The third kappa shape index (κ3) is 5.19. The van der Waals surface area contributed by atoms with Crippen molar-refractivity contribution in [2.45, 2.75) is 40.0 Å². The number of amides is 2. The summed E-state index contributed by atoms with van der Waals surface area (Å²) in [7, 11) is 0. The van der Waals surface area contributed by atoms with E-state index in [-0.39, 0.29) is 17.7 Å². The first-order valence-electron chi connectivity index (χ1n) is 7.43. The van der Waals surface area contributed by atoms with Crippen LogP contribution < -0.4 is 16.4 Å². The molecular weight excluding hydrogens is 266 g/mol. The van der Waals surface area contributed by atoms with Crippen LogP contribution in [0.3, 0.4) is 0 Å². The van der Waals surface area contributed by atoms with Crippen molar-refractivity contribution in [3.05, 3.63) is 23.8 Å². The van der Waals surface area contributed by atoms with Crippen LogP contribution >= 0.6 is 0 Å². The van der Waals surface area contributed by atoms with E-state index in [1.54, 1.807) is 13.0 Å². The van der Waals surface area contributed by atoms with Crippen molar-refractivity contribution in [3.63, 3.8) is 0 Å². The van der Waals surface area contributed by atoms with Gasteiger partial charge in [0.15, 0.2) is 0 Å². The number of benzene rings is 1. The summed E-state index contributed by atoms with van der Waals surface area (Å²) in [4.78, 5) is 23.6. The van der Waals surface area contributed by atoms with Crippen molar-refractivity contribution < 1.29 is 9.59 Å². The molecule has 1 rings (SSSR count). The minimum atomic E-state index is -0.178. The SMILES string of the molecule is CCCC(CN)C(=O)Nc1cc(NC(=O)CC)ccc1C. The maximum atomic E-state index is 12.2. The Balaban J connectivity index is 2.84. The van der Waals surface area contributed by atoms with Gasteiger partial charge in [0.05, 0.1) is 5.92 Å². The summed E-state index contributed by atoms with van der Waals surface area (Å²) in [6, 6.07) is 5.48. The summed E-state index contributed by atoms with van der Waals surface area (Å²) in [6.07, 6.45) is 2.11. The standard InChI is InChI=1S/C16H25N3O2/c1-4-6-12(10-17)16(21)19-14-9-13(8-7-11(14)3)18-15(20)5-2/h7-9,12H,4-6,10,17H2,1-3H3,(H,18,20)(H,19,21). The van der Waals surface area contributed by atoms with Crippen molar-refractivity contribution in [2.75, 3.05) is 17.2 Å². The summed E-state index contributed by atoms with van der Waals surface area (Å²) in [6.45, 7) is 6.08. The van der Waals surface area contributed by atoms with Crippen LogP contribution in [0.1, 0.15) is 38.7 Å².